The first kappa shape index (κ1) is 14.5. The Bertz CT molecular complexity index is 482. The lowest BCUT2D eigenvalue weighted by atomic mass is 10.2. The Kier molecular flexibility index (Phi) is 5.12. The van der Waals surface area contributed by atoms with Gasteiger partial charge in [0.25, 0.3) is 0 Å². The number of benzene rings is 1. The second kappa shape index (κ2) is 7.05. The minimum Gasteiger partial charge on any atom is -0.342 e. The van der Waals surface area contributed by atoms with Crippen molar-refractivity contribution < 1.29 is 9.59 Å². The number of amides is 2. The maximum atomic E-state index is 11.8. The van der Waals surface area contributed by atoms with Gasteiger partial charge in [0.1, 0.15) is 0 Å². The van der Waals surface area contributed by atoms with Crippen molar-refractivity contribution >= 4 is 17.5 Å². The largest absolute Gasteiger partial charge is 0.342 e. The van der Waals surface area contributed by atoms with Gasteiger partial charge in [-0.1, -0.05) is 18.2 Å². The van der Waals surface area contributed by atoms with Crippen LogP contribution in [0, 0.1) is 6.92 Å². The molecule has 1 aliphatic rings. The third-order valence-electron chi connectivity index (χ3n) is 3.44. The highest BCUT2D eigenvalue weighted by atomic mass is 16.2. The van der Waals surface area contributed by atoms with Crippen LogP contribution in [0.25, 0.3) is 0 Å². The van der Waals surface area contributed by atoms with Gasteiger partial charge in [0.15, 0.2) is 0 Å². The summed E-state index contributed by atoms with van der Waals surface area (Å²) in [5, 5.41) is 5.73. The molecule has 108 valence electrons. The van der Waals surface area contributed by atoms with Gasteiger partial charge < -0.3 is 10.2 Å². The fraction of sp³-hybridized carbons (Fsp3) is 0.467. The molecule has 0 bridgehead atoms. The Hall–Kier alpha value is -1.88. The third kappa shape index (κ3) is 4.06. The average molecular weight is 275 g/mol. The Balaban J connectivity index is 1.70. The first-order chi connectivity index (χ1) is 9.66. The van der Waals surface area contributed by atoms with Gasteiger partial charge >= 0.3 is 0 Å². The zero-order chi connectivity index (χ0) is 14.4. The van der Waals surface area contributed by atoms with E-state index >= 15 is 0 Å². The molecule has 1 saturated heterocycles. The van der Waals surface area contributed by atoms with Crippen LogP contribution in [0.4, 0.5) is 5.69 Å². The summed E-state index contributed by atoms with van der Waals surface area (Å²) in [6, 6.07) is 7.62. The summed E-state index contributed by atoms with van der Waals surface area (Å²) in [6.45, 7) is 4.00. The fourth-order valence-corrected chi connectivity index (χ4v) is 2.27. The van der Waals surface area contributed by atoms with Crippen molar-refractivity contribution in [2.24, 2.45) is 0 Å². The van der Waals surface area contributed by atoms with Crippen LogP contribution >= 0.6 is 0 Å². The number of rotatable bonds is 5. The number of likely N-dealkylation sites (tertiary alicyclic amines) is 1. The van der Waals surface area contributed by atoms with E-state index in [0.29, 0.717) is 0 Å². The SMILES string of the molecule is Cc1ccccc1NC(=O)CNCC(=O)N1CCCC1. The molecule has 0 spiro atoms. The third-order valence-corrected chi connectivity index (χ3v) is 3.44. The molecule has 1 fully saturated rings. The molecule has 1 aliphatic heterocycles. The molecule has 20 heavy (non-hydrogen) atoms. The Morgan fingerprint density at radius 2 is 1.85 bits per heavy atom. The van der Waals surface area contributed by atoms with E-state index in [4.69, 9.17) is 0 Å². The van der Waals surface area contributed by atoms with Crippen molar-refractivity contribution in [3.8, 4) is 0 Å². The Morgan fingerprint density at radius 3 is 2.55 bits per heavy atom. The Morgan fingerprint density at radius 1 is 1.15 bits per heavy atom. The summed E-state index contributed by atoms with van der Waals surface area (Å²) in [5.74, 6) is -0.0558. The number of carbonyl (C=O) groups is 2. The van der Waals surface area contributed by atoms with E-state index in [2.05, 4.69) is 10.6 Å². The van der Waals surface area contributed by atoms with E-state index < -0.39 is 0 Å². The van der Waals surface area contributed by atoms with Crippen LogP contribution in [0.1, 0.15) is 18.4 Å². The van der Waals surface area contributed by atoms with Crippen molar-refractivity contribution in [1.82, 2.24) is 10.2 Å². The topological polar surface area (TPSA) is 61.4 Å². The molecular weight excluding hydrogens is 254 g/mol. The van der Waals surface area contributed by atoms with Gasteiger partial charge in [0.2, 0.25) is 11.8 Å². The van der Waals surface area contributed by atoms with Gasteiger partial charge in [0, 0.05) is 18.8 Å². The molecule has 2 N–H and O–H groups in total. The summed E-state index contributed by atoms with van der Waals surface area (Å²) in [5.41, 5.74) is 1.83. The minimum atomic E-state index is -0.131. The second-order valence-corrected chi connectivity index (χ2v) is 5.05. The molecule has 2 rings (SSSR count). The Labute approximate surface area is 119 Å². The van der Waals surface area contributed by atoms with Crippen LogP contribution in [0.5, 0.6) is 0 Å². The lowest BCUT2D eigenvalue weighted by molar-refractivity contribution is -0.129. The molecular formula is C15H21N3O2. The van der Waals surface area contributed by atoms with E-state index in [9.17, 15) is 9.59 Å². The van der Waals surface area contributed by atoms with Crippen LogP contribution in [0.2, 0.25) is 0 Å². The normalized spacial score (nSPS) is 14.3. The first-order valence-corrected chi connectivity index (χ1v) is 7.01. The molecule has 2 amide bonds. The van der Waals surface area contributed by atoms with E-state index in [1.165, 1.54) is 0 Å². The molecule has 0 atom stereocenters. The van der Waals surface area contributed by atoms with Gasteiger partial charge in [-0.15, -0.1) is 0 Å². The maximum Gasteiger partial charge on any atom is 0.238 e. The highest BCUT2D eigenvalue weighted by Crippen LogP contribution is 2.12. The standard InChI is InChI=1S/C15H21N3O2/c1-12-6-2-3-7-13(12)17-14(19)10-16-11-15(20)18-8-4-5-9-18/h2-3,6-7,16H,4-5,8-11H2,1H3,(H,17,19). The number of hydrogen-bond acceptors (Lipinski definition) is 3. The predicted octanol–water partition coefficient (Wildman–Crippen LogP) is 1.15. The van der Waals surface area contributed by atoms with Crippen LogP contribution in [-0.2, 0) is 9.59 Å². The summed E-state index contributed by atoms with van der Waals surface area (Å²) in [4.78, 5) is 25.4. The van der Waals surface area contributed by atoms with Crippen LogP contribution in [0.15, 0.2) is 24.3 Å². The molecule has 5 nitrogen and oxygen atoms in total. The zero-order valence-electron chi connectivity index (χ0n) is 11.8. The number of nitrogens with one attached hydrogen (secondary N) is 2. The van der Waals surface area contributed by atoms with Crippen LogP contribution in [-0.4, -0.2) is 42.9 Å². The number of hydrogen-bond donors (Lipinski definition) is 2. The van der Waals surface area contributed by atoms with Crippen molar-refractivity contribution in [3.63, 3.8) is 0 Å². The predicted molar refractivity (Wildman–Crippen MR) is 78.5 cm³/mol. The molecule has 0 radical (unpaired) electrons. The van der Waals surface area contributed by atoms with E-state index in [1.807, 2.05) is 36.1 Å². The van der Waals surface area contributed by atoms with Gasteiger partial charge in [-0.05, 0) is 31.4 Å². The monoisotopic (exact) mass is 275 g/mol. The molecule has 1 aromatic carbocycles. The summed E-state index contributed by atoms with van der Waals surface area (Å²) < 4.78 is 0. The number of aryl methyl sites for hydroxylation is 1. The van der Waals surface area contributed by atoms with Crippen molar-refractivity contribution in [2.45, 2.75) is 19.8 Å². The van der Waals surface area contributed by atoms with Gasteiger partial charge in [-0.25, -0.2) is 0 Å². The molecule has 1 heterocycles. The van der Waals surface area contributed by atoms with E-state index in [-0.39, 0.29) is 24.9 Å². The zero-order valence-corrected chi connectivity index (χ0v) is 11.8. The highest BCUT2D eigenvalue weighted by Gasteiger charge is 2.17. The fourth-order valence-electron chi connectivity index (χ4n) is 2.27. The first-order valence-electron chi connectivity index (χ1n) is 7.01. The number of nitrogens with zero attached hydrogens (tertiary/aromatic N) is 1. The molecule has 0 aromatic heterocycles. The highest BCUT2D eigenvalue weighted by molar-refractivity contribution is 5.93. The molecule has 1 aromatic rings. The van der Waals surface area contributed by atoms with Gasteiger partial charge in [-0.3, -0.25) is 14.9 Å². The summed E-state index contributed by atoms with van der Waals surface area (Å²) in [7, 11) is 0. The maximum absolute atomic E-state index is 11.8. The van der Waals surface area contributed by atoms with Crippen molar-refractivity contribution in [3.05, 3.63) is 29.8 Å². The lowest BCUT2D eigenvalue weighted by Gasteiger charge is -2.15. The van der Waals surface area contributed by atoms with Crippen molar-refractivity contribution in [1.29, 1.82) is 0 Å². The smallest absolute Gasteiger partial charge is 0.238 e. The number of carbonyl (C=O) groups excluding carboxylic acids is 2. The van der Waals surface area contributed by atoms with E-state index in [0.717, 1.165) is 37.2 Å². The van der Waals surface area contributed by atoms with E-state index in [1.54, 1.807) is 0 Å². The van der Waals surface area contributed by atoms with Gasteiger partial charge in [0.05, 0.1) is 13.1 Å². The molecule has 0 unspecified atom stereocenters. The van der Waals surface area contributed by atoms with Gasteiger partial charge in [-0.2, -0.15) is 0 Å². The summed E-state index contributed by atoms with van der Waals surface area (Å²) in [6.07, 6.45) is 2.17. The summed E-state index contributed by atoms with van der Waals surface area (Å²) >= 11 is 0. The molecule has 5 heteroatoms. The molecule has 0 aliphatic carbocycles. The van der Waals surface area contributed by atoms with Crippen LogP contribution < -0.4 is 10.6 Å². The van der Waals surface area contributed by atoms with Crippen LogP contribution in [0.3, 0.4) is 0 Å². The van der Waals surface area contributed by atoms with Crippen molar-refractivity contribution in [2.75, 3.05) is 31.5 Å². The number of para-hydroxylation sites is 1. The minimum absolute atomic E-state index is 0.0752. The quantitative estimate of drug-likeness (QED) is 0.847. The lowest BCUT2D eigenvalue weighted by Crippen LogP contribution is -2.39. The average Bonchev–Trinajstić information content (AvgIpc) is 2.95. The molecule has 0 saturated carbocycles. The second-order valence-electron chi connectivity index (χ2n) is 5.05. The number of anilines is 1.